The van der Waals surface area contributed by atoms with Crippen LogP contribution in [-0.2, 0) is 14.4 Å². The minimum atomic E-state index is -3.73. The van der Waals surface area contributed by atoms with Crippen molar-refractivity contribution >= 4 is 20.9 Å². The highest BCUT2D eigenvalue weighted by atomic mass is 32.2. The molecule has 106 valence electrons. The van der Waals surface area contributed by atoms with Crippen molar-refractivity contribution in [3.05, 3.63) is 42.5 Å². The van der Waals surface area contributed by atoms with Crippen LogP contribution in [0.3, 0.4) is 0 Å². The second-order valence-corrected chi connectivity index (χ2v) is 6.56. The van der Waals surface area contributed by atoms with Gasteiger partial charge in [0.05, 0.1) is 4.90 Å². The number of benzene rings is 2. The van der Waals surface area contributed by atoms with Gasteiger partial charge in [-0.05, 0) is 35.7 Å². The molecule has 0 amide bonds. The van der Waals surface area contributed by atoms with Gasteiger partial charge in [-0.3, -0.25) is 0 Å². The standard InChI is InChI=1S/C15H17NO3S/c17-20(18,19-16-10-4-1-5-11-16)15-9-8-13-6-2-3-7-14(13)12-15/h2-3,6-9,12H,1,4-5,10-11H2. The third-order valence-corrected chi connectivity index (χ3v) is 4.77. The van der Waals surface area contributed by atoms with Crippen LogP contribution >= 0.6 is 0 Å². The molecule has 1 heterocycles. The van der Waals surface area contributed by atoms with E-state index in [1.807, 2.05) is 30.3 Å². The Hall–Kier alpha value is -1.43. The highest BCUT2D eigenvalue weighted by Crippen LogP contribution is 2.22. The molecule has 0 saturated carbocycles. The van der Waals surface area contributed by atoms with E-state index in [2.05, 4.69) is 0 Å². The first-order chi connectivity index (χ1) is 9.65. The molecule has 2 aromatic carbocycles. The molecule has 0 unspecified atom stereocenters. The van der Waals surface area contributed by atoms with E-state index >= 15 is 0 Å². The topological polar surface area (TPSA) is 46.6 Å². The molecule has 0 aromatic heterocycles. The largest absolute Gasteiger partial charge is 0.313 e. The Balaban J connectivity index is 1.88. The smallest absolute Gasteiger partial charge is 0.192 e. The fourth-order valence-corrected chi connectivity index (χ4v) is 3.46. The van der Waals surface area contributed by atoms with Gasteiger partial charge in [-0.25, -0.2) is 0 Å². The number of hydrogen-bond donors (Lipinski definition) is 0. The zero-order valence-electron chi connectivity index (χ0n) is 11.2. The number of hydrogen-bond acceptors (Lipinski definition) is 4. The van der Waals surface area contributed by atoms with Crippen LogP contribution in [0.5, 0.6) is 0 Å². The molecule has 4 nitrogen and oxygen atoms in total. The second kappa shape index (κ2) is 5.52. The summed E-state index contributed by atoms with van der Waals surface area (Å²) in [6.45, 7) is 1.35. The molecule has 0 atom stereocenters. The maximum absolute atomic E-state index is 12.3. The van der Waals surface area contributed by atoms with E-state index in [-0.39, 0.29) is 4.90 Å². The maximum Gasteiger partial charge on any atom is 0.313 e. The molecule has 20 heavy (non-hydrogen) atoms. The maximum atomic E-state index is 12.3. The molecule has 0 spiro atoms. The van der Waals surface area contributed by atoms with Gasteiger partial charge in [-0.1, -0.05) is 36.8 Å². The van der Waals surface area contributed by atoms with E-state index in [1.54, 1.807) is 17.2 Å². The number of hydroxylamine groups is 2. The molecule has 0 N–H and O–H groups in total. The molecule has 0 bridgehead atoms. The van der Waals surface area contributed by atoms with Gasteiger partial charge in [0, 0.05) is 13.1 Å². The van der Waals surface area contributed by atoms with Gasteiger partial charge in [0.1, 0.15) is 0 Å². The zero-order valence-corrected chi connectivity index (χ0v) is 12.0. The van der Waals surface area contributed by atoms with Gasteiger partial charge in [0.2, 0.25) is 0 Å². The predicted octanol–water partition coefficient (Wildman–Crippen LogP) is 2.95. The van der Waals surface area contributed by atoms with Gasteiger partial charge in [0.25, 0.3) is 0 Å². The van der Waals surface area contributed by atoms with E-state index in [9.17, 15) is 8.42 Å². The van der Waals surface area contributed by atoms with Gasteiger partial charge in [-0.15, -0.1) is 0 Å². The Morgan fingerprint density at radius 2 is 1.60 bits per heavy atom. The Kier molecular flexibility index (Phi) is 3.74. The minimum absolute atomic E-state index is 0.210. The monoisotopic (exact) mass is 291 g/mol. The highest BCUT2D eigenvalue weighted by molar-refractivity contribution is 7.86. The summed E-state index contributed by atoms with van der Waals surface area (Å²) in [5.41, 5.74) is 0. The molecule has 1 saturated heterocycles. The van der Waals surface area contributed by atoms with E-state index in [0.29, 0.717) is 13.1 Å². The summed E-state index contributed by atoms with van der Waals surface area (Å²) in [5.74, 6) is 0. The first kappa shape index (κ1) is 13.5. The summed E-state index contributed by atoms with van der Waals surface area (Å²) in [6, 6.07) is 12.7. The molecule has 0 aliphatic carbocycles. The molecule has 5 heteroatoms. The van der Waals surface area contributed by atoms with E-state index in [4.69, 9.17) is 4.28 Å². The van der Waals surface area contributed by atoms with Crippen LogP contribution in [0.25, 0.3) is 10.8 Å². The Labute approximate surface area is 119 Å². The number of rotatable bonds is 3. The van der Waals surface area contributed by atoms with Crippen LogP contribution in [0, 0.1) is 0 Å². The van der Waals surface area contributed by atoms with Crippen LogP contribution in [0.4, 0.5) is 0 Å². The molecular weight excluding hydrogens is 274 g/mol. The van der Waals surface area contributed by atoms with Crippen LogP contribution in [0.15, 0.2) is 47.4 Å². The van der Waals surface area contributed by atoms with E-state index < -0.39 is 10.1 Å². The first-order valence-electron chi connectivity index (χ1n) is 6.83. The average molecular weight is 291 g/mol. The van der Waals surface area contributed by atoms with Crippen LogP contribution in [0.2, 0.25) is 0 Å². The summed E-state index contributed by atoms with van der Waals surface area (Å²) in [4.78, 5) is 0.210. The Morgan fingerprint density at radius 3 is 2.35 bits per heavy atom. The summed E-state index contributed by atoms with van der Waals surface area (Å²) >= 11 is 0. The fraction of sp³-hybridized carbons (Fsp3) is 0.333. The summed E-state index contributed by atoms with van der Waals surface area (Å²) in [6.07, 6.45) is 3.09. The van der Waals surface area contributed by atoms with Crippen molar-refractivity contribution in [2.45, 2.75) is 24.2 Å². The van der Waals surface area contributed by atoms with E-state index in [1.165, 1.54) is 0 Å². The van der Waals surface area contributed by atoms with Crippen molar-refractivity contribution in [1.29, 1.82) is 0 Å². The lowest BCUT2D eigenvalue weighted by atomic mass is 10.1. The fourth-order valence-electron chi connectivity index (χ4n) is 2.44. The molecule has 0 radical (unpaired) electrons. The SMILES string of the molecule is O=S(=O)(ON1CCCCC1)c1ccc2ccccc2c1. The number of fused-ring (bicyclic) bond motifs is 1. The Bertz CT molecular complexity index is 706. The van der Waals surface area contributed by atoms with Crippen molar-refractivity contribution in [1.82, 2.24) is 5.06 Å². The van der Waals surface area contributed by atoms with Crippen molar-refractivity contribution in [3.63, 3.8) is 0 Å². The van der Waals surface area contributed by atoms with Gasteiger partial charge >= 0.3 is 10.1 Å². The predicted molar refractivity (Wildman–Crippen MR) is 77.6 cm³/mol. The van der Waals surface area contributed by atoms with Crippen molar-refractivity contribution in [2.75, 3.05) is 13.1 Å². The third kappa shape index (κ3) is 2.85. The minimum Gasteiger partial charge on any atom is -0.192 e. The van der Waals surface area contributed by atoms with Gasteiger partial charge in [-0.2, -0.15) is 17.8 Å². The van der Waals surface area contributed by atoms with Crippen LogP contribution in [-0.4, -0.2) is 26.6 Å². The molecule has 1 aliphatic heterocycles. The normalized spacial score (nSPS) is 17.4. The van der Waals surface area contributed by atoms with Crippen LogP contribution in [0.1, 0.15) is 19.3 Å². The van der Waals surface area contributed by atoms with Gasteiger partial charge < -0.3 is 0 Å². The summed E-state index contributed by atoms with van der Waals surface area (Å²) in [7, 11) is -3.73. The second-order valence-electron chi connectivity index (χ2n) is 5.03. The zero-order chi connectivity index (χ0) is 14.0. The van der Waals surface area contributed by atoms with Crippen molar-refractivity contribution in [3.8, 4) is 0 Å². The molecule has 1 fully saturated rings. The molecular formula is C15H17NO3S. The summed E-state index contributed by atoms with van der Waals surface area (Å²) in [5, 5.41) is 3.47. The third-order valence-electron chi connectivity index (χ3n) is 3.53. The highest BCUT2D eigenvalue weighted by Gasteiger charge is 2.22. The van der Waals surface area contributed by atoms with E-state index in [0.717, 1.165) is 30.0 Å². The number of nitrogens with zero attached hydrogens (tertiary/aromatic N) is 1. The Morgan fingerprint density at radius 1 is 0.900 bits per heavy atom. The lowest BCUT2D eigenvalue weighted by Gasteiger charge is -2.24. The molecule has 3 rings (SSSR count). The molecule has 2 aromatic rings. The van der Waals surface area contributed by atoms with Gasteiger partial charge in [0.15, 0.2) is 0 Å². The first-order valence-corrected chi connectivity index (χ1v) is 8.24. The summed E-state index contributed by atoms with van der Waals surface area (Å²) < 4.78 is 29.8. The lowest BCUT2D eigenvalue weighted by Crippen LogP contribution is -2.32. The quantitative estimate of drug-likeness (QED) is 0.872. The average Bonchev–Trinajstić information content (AvgIpc) is 2.47. The van der Waals surface area contributed by atoms with Crippen molar-refractivity contribution < 1.29 is 12.7 Å². The van der Waals surface area contributed by atoms with Crippen molar-refractivity contribution in [2.24, 2.45) is 0 Å². The molecule has 1 aliphatic rings. The van der Waals surface area contributed by atoms with Crippen LogP contribution < -0.4 is 0 Å². The number of piperidine rings is 1. The lowest BCUT2D eigenvalue weighted by molar-refractivity contribution is -0.0654.